The van der Waals surface area contributed by atoms with Crippen molar-refractivity contribution in [3.63, 3.8) is 0 Å². The predicted octanol–water partition coefficient (Wildman–Crippen LogP) is 3.08. The van der Waals surface area contributed by atoms with Crippen molar-refractivity contribution in [3.8, 4) is 22.7 Å². The van der Waals surface area contributed by atoms with E-state index in [4.69, 9.17) is 28.5 Å². The number of aromatic nitrogens is 3. The SMILES string of the molecule is COc1ccc(-n2cc(-c3ccc(/C=N/O[C@@H]4O[C@@H](C)[C@H](OC)[C@@H](OC)[C@H]4OC)cc3)nn2)cc1. The number of methoxy groups -OCH3 is 4. The van der Waals surface area contributed by atoms with Crippen LogP contribution in [0, 0.1) is 0 Å². The zero-order valence-corrected chi connectivity index (χ0v) is 20.4. The van der Waals surface area contributed by atoms with E-state index in [-0.39, 0.29) is 18.3 Å². The van der Waals surface area contributed by atoms with Crippen molar-refractivity contribution in [2.45, 2.75) is 37.6 Å². The minimum Gasteiger partial charge on any atom is -0.497 e. The minimum atomic E-state index is -0.727. The molecule has 0 amide bonds. The Morgan fingerprint density at radius 2 is 1.57 bits per heavy atom. The van der Waals surface area contributed by atoms with Crippen molar-refractivity contribution in [2.24, 2.45) is 5.16 Å². The van der Waals surface area contributed by atoms with Gasteiger partial charge in [-0.3, -0.25) is 0 Å². The first-order valence-electron chi connectivity index (χ1n) is 11.2. The first-order valence-corrected chi connectivity index (χ1v) is 11.2. The Bertz CT molecular complexity index is 1100. The number of ether oxygens (including phenoxy) is 5. The first-order chi connectivity index (χ1) is 17.1. The van der Waals surface area contributed by atoms with Gasteiger partial charge in [-0.25, -0.2) is 4.68 Å². The molecule has 0 spiro atoms. The van der Waals surface area contributed by atoms with E-state index < -0.39 is 12.4 Å². The highest BCUT2D eigenvalue weighted by atomic mass is 16.8. The summed E-state index contributed by atoms with van der Waals surface area (Å²) < 4.78 is 29.5. The summed E-state index contributed by atoms with van der Waals surface area (Å²) in [5.41, 5.74) is 3.44. The van der Waals surface area contributed by atoms with Gasteiger partial charge in [-0.05, 0) is 36.8 Å². The highest BCUT2D eigenvalue weighted by molar-refractivity contribution is 5.80. The maximum atomic E-state index is 5.90. The van der Waals surface area contributed by atoms with Crippen LogP contribution in [0.5, 0.6) is 5.75 Å². The van der Waals surface area contributed by atoms with Crippen LogP contribution in [0.25, 0.3) is 16.9 Å². The van der Waals surface area contributed by atoms with Gasteiger partial charge >= 0.3 is 0 Å². The Balaban J connectivity index is 1.39. The van der Waals surface area contributed by atoms with Gasteiger partial charge in [0, 0.05) is 26.9 Å². The number of hydrogen-bond donors (Lipinski definition) is 0. The van der Waals surface area contributed by atoms with Crippen LogP contribution >= 0.6 is 0 Å². The molecule has 35 heavy (non-hydrogen) atoms. The fourth-order valence-electron chi connectivity index (χ4n) is 4.05. The molecular formula is C25H30N4O6. The summed E-state index contributed by atoms with van der Waals surface area (Å²) in [5, 5.41) is 12.6. The van der Waals surface area contributed by atoms with Crippen molar-refractivity contribution in [1.29, 1.82) is 0 Å². The van der Waals surface area contributed by atoms with Crippen molar-refractivity contribution in [2.75, 3.05) is 28.4 Å². The van der Waals surface area contributed by atoms with Crippen LogP contribution < -0.4 is 4.74 Å². The van der Waals surface area contributed by atoms with E-state index in [0.29, 0.717) is 0 Å². The van der Waals surface area contributed by atoms with Gasteiger partial charge in [0.1, 0.15) is 23.7 Å². The van der Waals surface area contributed by atoms with Crippen LogP contribution in [-0.2, 0) is 23.8 Å². The molecule has 10 nitrogen and oxygen atoms in total. The summed E-state index contributed by atoms with van der Waals surface area (Å²) in [6, 6.07) is 15.4. The minimum absolute atomic E-state index is 0.248. The van der Waals surface area contributed by atoms with Crippen molar-refractivity contribution >= 4 is 6.21 Å². The molecule has 0 saturated carbocycles. The normalized spacial score (nSPS) is 24.5. The second kappa shape index (κ2) is 11.4. The van der Waals surface area contributed by atoms with Crippen molar-refractivity contribution < 1.29 is 28.5 Å². The molecule has 1 aromatic heterocycles. The van der Waals surface area contributed by atoms with Crippen molar-refractivity contribution in [3.05, 3.63) is 60.3 Å². The van der Waals surface area contributed by atoms with E-state index >= 15 is 0 Å². The predicted molar refractivity (Wildman–Crippen MR) is 129 cm³/mol. The zero-order valence-electron chi connectivity index (χ0n) is 20.4. The topological polar surface area (TPSA) is 98.5 Å². The Hall–Kier alpha value is -3.31. The van der Waals surface area contributed by atoms with Crippen LogP contribution in [0.4, 0.5) is 0 Å². The second-order valence-electron chi connectivity index (χ2n) is 8.02. The summed E-state index contributed by atoms with van der Waals surface area (Å²) in [4.78, 5) is 5.62. The molecule has 0 aliphatic carbocycles. The summed E-state index contributed by atoms with van der Waals surface area (Å²) in [6.45, 7) is 1.90. The molecular weight excluding hydrogens is 452 g/mol. The number of benzene rings is 2. The van der Waals surface area contributed by atoms with E-state index in [2.05, 4.69) is 15.5 Å². The van der Waals surface area contributed by atoms with Crippen LogP contribution in [-0.4, -0.2) is 80.4 Å². The molecule has 1 aliphatic heterocycles. The van der Waals surface area contributed by atoms with Gasteiger partial charge in [0.05, 0.1) is 31.3 Å². The Morgan fingerprint density at radius 1 is 0.886 bits per heavy atom. The molecule has 186 valence electrons. The molecule has 4 rings (SSSR count). The third-order valence-electron chi connectivity index (χ3n) is 5.95. The van der Waals surface area contributed by atoms with E-state index in [9.17, 15) is 0 Å². The fourth-order valence-corrected chi connectivity index (χ4v) is 4.05. The van der Waals surface area contributed by atoms with E-state index in [1.807, 2.05) is 61.7 Å². The number of oxime groups is 1. The summed E-state index contributed by atoms with van der Waals surface area (Å²) >= 11 is 0. The average Bonchev–Trinajstić information content (AvgIpc) is 3.39. The standard InChI is InChI=1S/C25H30N4O6/c1-16-22(31-3)23(32-4)24(33-5)25(34-16)35-26-14-17-6-8-18(9-7-17)21-15-29(28-27-21)19-10-12-20(30-2)13-11-19/h6-16,22-25H,1-5H3/b26-14+/t16-,22-,23+,24+,25-/m0/s1. The van der Waals surface area contributed by atoms with Gasteiger partial charge in [-0.1, -0.05) is 34.6 Å². The van der Waals surface area contributed by atoms with Crippen LogP contribution in [0.2, 0.25) is 0 Å². The molecule has 1 aliphatic rings. The Morgan fingerprint density at radius 3 is 2.20 bits per heavy atom. The summed E-state index contributed by atoms with van der Waals surface area (Å²) in [7, 11) is 6.44. The second-order valence-corrected chi connectivity index (χ2v) is 8.02. The molecule has 0 N–H and O–H groups in total. The van der Waals surface area contributed by atoms with Gasteiger partial charge in [0.15, 0.2) is 6.10 Å². The highest BCUT2D eigenvalue weighted by Gasteiger charge is 2.46. The lowest BCUT2D eigenvalue weighted by Crippen LogP contribution is -2.59. The van der Waals surface area contributed by atoms with Gasteiger partial charge in [0.2, 0.25) is 0 Å². The quantitative estimate of drug-likeness (QED) is 0.339. The van der Waals surface area contributed by atoms with Gasteiger partial charge in [-0.2, -0.15) is 0 Å². The maximum absolute atomic E-state index is 5.90. The molecule has 10 heteroatoms. The molecule has 0 bridgehead atoms. The fraction of sp³-hybridized carbons (Fsp3) is 0.400. The summed E-state index contributed by atoms with van der Waals surface area (Å²) in [5.74, 6) is 0.787. The van der Waals surface area contributed by atoms with Crippen LogP contribution in [0.3, 0.4) is 0 Å². The first kappa shape index (κ1) is 24.8. The Kier molecular flexibility index (Phi) is 8.09. The van der Waals surface area contributed by atoms with E-state index in [1.165, 1.54) is 0 Å². The van der Waals surface area contributed by atoms with Crippen LogP contribution in [0.1, 0.15) is 12.5 Å². The monoisotopic (exact) mass is 482 g/mol. The number of hydrogen-bond acceptors (Lipinski definition) is 9. The molecule has 0 radical (unpaired) electrons. The molecule has 2 heterocycles. The van der Waals surface area contributed by atoms with E-state index in [1.54, 1.807) is 39.3 Å². The molecule has 1 saturated heterocycles. The van der Waals surface area contributed by atoms with Gasteiger partial charge < -0.3 is 28.5 Å². The third kappa shape index (κ3) is 5.51. The van der Waals surface area contributed by atoms with Crippen molar-refractivity contribution in [1.82, 2.24) is 15.0 Å². The lowest BCUT2D eigenvalue weighted by Gasteiger charge is -2.42. The largest absolute Gasteiger partial charge is 0.497 e. The molecule has 5 atom stereocenters. The molecule has 2 aromatic carbocycles. The Labute approximate surface area is 204 Å². The lowest BCUT2D eigenvalue weighted by atomic mass is 9.99. The molecule has 0 unspecified atom stereocenters. The third-order valence-corrected chi connectivity index (χ3v) is 5.95. The maximum Gasteiger partial charge on any atom is 0.256 e. The smallest absolute Gasteiger partial charge is 0.256 e. The highest BCUT2D eigenvalue weighted by Crippen LogP contribution is 2.27. The number of rotatable bonds is 9. The van der Waals surface area contributed by atoms with Gasteiger partial charge in [0.25, 0.3) is 6.29 Å². The average molecular weight is 483 g/mol. The summed E-state index contributed by atoms with van der Waals surface area (Å²) in [6.07, 6.45) is 1.40. The zero-order chi connectivity index (χ0) is 24.8. The van der Waals surface area contributed by atoms with Gasteiger partial charge in [-0.15, -0.1) is 5.10 Å². The number of nitrogens with zero attached hydrogens (tertiary/aromatic N) is 4. The van der Waals surface area contributed by atoms with Crippen LogP contribution in [0.15, 0.2) is 59.9 Å². The molecule has 1 fully saturated rings. The lowest BCUT2D eigenvalue weighted by molar-refractivity contribution is -0.305. The van der Waals surface area contributed by atoms with E-state index in [0.717, 1.165) is 28.3 Å². The molecule has 3 aromatic rings.